The van der Waals surface area contributed by atoms with Crippen LogP contribution in [0.25, 0.3) is 0 Å². The summed E-state index contributed by atoms with van der Waals surface area (Å²) in [5, 5.41) is 8.88. The summed E-state index contributed by atoms with van der Waals surface area (Å²) in [5.41, 5.74) is -0.631. The van der Waals surface area contributed by atoms with Crippen molar-refractivity contribution in [2.24, 2.45) is 0 Å². The topological polar surface area (TPSA) is 82.8 Å². The number of sulfonamides is 1. The van der Waals surface area contributed by atoms with Gasteiger partial charge in [-0.05, 0) is 32.4 Å². The second-order valence-corrected chi connectivity index (χ2v) is 6.35. The molecule has 0 saturated carbocycles. The van der Waals surface area contributed by atoms with Crippen molar-refractivity contribution in [2.45, 2.75) is 44.0 Å². The molecular formula is C12H17N3O2S. The lowest BCUT2D eigenvalue weighted by Crippen LogP contribution is -2.43. The molecule has 0 fully saturated rings. The number of nitrogens with one attached hydrogen (secondary N) is 1. The van der Waals surface area contributed by atoms with Crippen LogP contribution in [0.2, 0.25) is 0 Å². The summed E-state index contributed by atoms with van der Waals surface area (Å²) in [6.07, 6.45) is 2.98. The molecule has 0 aliphatic carbocycles. The number of nitrogens with zero attached hydrogens (tertiary/aromatic N) is 2. The smallest absolute Gasteiger partial charge is 0.243 e. The van der Waals surface area contributed by atoms with E-state index in [0.717, 1.165) is 6.42 Å². The normalized spacial score (nSPS) is 12.1. The van der Waals surface area contributed by atoms with Gasteiger partial charge in [-0.1, -0.05) is 13.3 Å². The van der Waals surface area contributed by atoms with E-state index in [0.29, 0.717) is 6.42 Å². The Morgan fingerprint density at radius 3 is 2.72 bits per heavy atom. The summed E-state index contributed by atoms with van der Waals surface area (Å²) in [7, 11) is -3.72. The van der Waals surface area contributed by atoms with E-state index >= 15 is 0 Å². The number of rotatable bonds is 5. The average molecular weight is 267 g/mol. The van der Waals surface area contributed by atoms with Gasteiger partial charge in [0, 0.05) is 11.7 Å². The van der Waals surface area contributed by atoms with Crippen LogP contribution in [-0.2, 0) is 10.0 Å². The van der Waals surface area contributed by atoms with Crippen molar-refractivity contribution >= 4 is 10.0 Å². The Balaban J connectivity index is 3.12. The summed E-state index contributed by atoms with van der Waals surface area (Å²) >= 11 is 0. The van der Waals surface area contributed by atoms with Gasteiger partial charge in [0.15, 0.2) is 5.69 Å². The molecule has 6 heteroatoms. The van der Waals surface area contributed by atoms with Crippen LogP contribution in [-0.4, -0.2) is 18.9 Å². The third-order valence-corrected chi connectivity index (χ3v) is 4.18. The van der Waals surface area contributed by atoms with Crippen molar-refractivity contribution in [1.82, 2.24) is 9.71 Å². The van der Waals surface area contributed by atoms with E-state index in [9.17, 15) is 8.42 Å². The van der Waals surface area contributed by atoms with E-state index in [1.807, 2.05) is 20.8 Å². The summed E-state index contributed by atoms with van der Waals surface area (Å²) in [6.45, 7) is 5.62. The van der Waals surface area contributed by atoms with Crippen LogP contribution in [0.3, 0.4) is 0 Å². The van der Waals surface area contributed by atoms with Crippen LogP contribution in [0, 0.1) is 11.3 Å². The Hall–Kier alpha value is -1.45. The van der Waals surface area contributed by atoms with Crippen LogP contribution in [0.15, 0.2) is 23.2 Å². The Labute approximate surface area is 108 Å². The van der Waals surface area contributed by atoms with Gasteiger partial charge < -0.3 is 0 Å². The van der Waals surface area contributed by atoms with Crippen LogP contribution in [0.4, 0.5) is 0 Å². The first-order valence-corrected chi connectivity index (χ1v) is 7.20. The molecule has 0 aliphatic heterocycles. The fraction of sp³-hybridized carbons (Fsp3) is 0.500. The van der Waals surface area contributed by atoms with E-state index in [1.54, 1.807) is 6.07 Å². The highest BCUT2D eigenvalue weighted by atomic mass is 32.2. The van der Waals surface area contributed by atoms with Gasteiger partial charge in [0.25, 0.3) is 0 Å². The van der Waals surface area contributed by atoms with Crippen molar-refractivity contribution in [1.29, 1.82) is 5.26 Å². The van der Waals surface area contributed by atoms with Crippen molar-refractivity contribution in [3.8, 4) is 6.07 Å². The van der Waals surface area contributed by atoms with Crippen LogP contribution in [0.5, 0.6) is 0 Å². The molecule has 0 bridgehead atoms. The second-order valence-electron chi connectivity index (χ2n) is 4.70. The first-order valence-electron chi connectivity index (χ1n) is 5.71. The largest absolute Gasteiger partial charge is 0.244 e. The fourth-order valence-corrected chi connectivity index (χ4v) is 3.34. The predicted octanol–water partition coefficient (Wildman–Crippen LogP) is 1.81. The molecule has 0 aromatic carbocycles. The number of pyridine rings is 1. The molecule has 1 aromatic heterocycles. The van der Waals surface area contributed by atoms with Gasteiger partial charge in [-0.15, -0.1) is 0 Å². The molecular weight excluding hydrogens is 250 g/mol. The van der Waals surface area contributed by atoms with Crippen molar-refractivity contribution < 1.29 is 8.42 Å². The predicted molar refractivity (Wildman–Crippen MR) is 68.3 cm³/mol. The van der Waals surface area contributed by atoms with Crippen molar-refractivity contribution in [2.75, 3.05) is 0 Å². The highest BCUT2D eigenvalue weighted by molar-refractivity contribution is 7.89. The molecule has 1 rings (SSSR count). The van der Waals surface area contributed by atoms with Gasteiger partial charge in [0.1, 0.15) is 11.0 Å². The van der Waals surface area contributed by atoms with Gasteiger partial charge >= 0.3 is 0 Å². The minimum atomic E-state index is -3.72. The second kappa shape index (κ2) is 5.46. The van der Waals surface area contributed by atoms with E-state index in [-0.39, 0.29) is 10.6 Å². The maximum atomic E-state index is 12.2. The Morgan fingerprint density at radius 1 is 1.50 bits per heavy atom. The first-order chi connectivity index (χ1) is 8.32. The van der Waals surface area contributed by atoms with Gasteiger partial charge in [0.2, 0.25) is 10.0 Å². The molecule has 18 heavy (non-hydrogen) atoms. The molecule has 0 spiro atoms. The number of hydrogen-bond acceptors (Lipinski definition) is 4. The van der Waals surface area contributed by atoms with Crippen LogP contribution in [0.1, 0.15) is 39.3 Å². The van der Waals surface area contributed by atoms with Crippen LogP contribution < -0.4 is 4.72 Å². The Morgan fingerprint density at radius 2 is 2.17 bits per heavy atom. The maximum absolute atomic E-state index is 12.2. The minimum Gasteiger partial charge on any atom is -0.244 e. The summed E-state index contributed by atoms with van der Waals surface area (Å²) in [5.74, 6) is 0. The van der Waals surface area contributed by atoms with Gasteiger partial charge in [-0.25, -0.2) is 18.1 Å². The first kappa shape index (κ1) is 14.6. The molecule has 1 N–H and O–H groups in total. The molecule has 0 aliphatic rings. The molecule has 0 atom stereocenters. The summed E-state index contributed by atoms with van der Waals surface area (Å²) in [6, 6.07) is 4.68. The number of hydrogen-bond donors (Lipinski definition) is 1. The number of aromatic nitrogens is 1. The zero-order chi connectivity index (χ0) is 13.8. The van der Waals surface area contributed by atoms with Crippen LogP contribution >= 0.6 is 0 Å². The molecule has 0 saturated heterocycles. The third-order valence-electron chi connectivity index (χ3n) is 2.45. The third kappa shape index (κ3) is 3.52. The highest BCUT2D eigenvalue weighted by Gasteiger charge is 2.27. The monoisotopic (exact) mass is 267 g/mol. The molecule has 5 nitrogen and oxygen atoms in total. The van der Waals surface area contributed by atoms with Gasteiger partial charge in [-0.3, -0.25) is 0 Å². The SMILES string of the molecule is CCCC(C)(C)NS(=O)(=O)c1cccnc1C#N. The molecule has 0 amide bonds. The molecule has 0 radical (unpaired) electrons. The lowest BCUT2D eigenvalue weighted by molar-refractivity contribution is 0.417. The van der Waals surface area contributed by atoms with E-state index in [1.165, 1.54) is 18.3 Å². The highest BCUT2D eigenvalue weighted by Crippen LogP contribution is 2.18. The van der Waals surface area contributed by atoms with Gasteiger partial charge in [0.05, 0.1) is 0 Å². The quantitative estimate of drug-likeness (QED) is 0.882. The zero-order valence-electron chi connectivity index (χ0n) is 10.8. The van der Waals surface area contributed by atoms with E-state index < -0.39 is 15.6 Å². The van der Waals surface area contributed by atoms with E-state index in [2.05, 4.69) is 9.71 Å². The van der Waals surface area contributed by atoms with E-state index in [4.69, 9.17) is 5.26 Å². The summed E-state index contributed by atoms with van der Waals surface area (Å²) in [4.78, 5) is 3.69. The standard InChI is InChI=1S/C12H17N3O2S/c1-4-7-12(2,3)15-18(16,17)11-6-5-8-14-10(11)9-13/h5-6,8,15H,4,7H2,1-3H3. The lowest BCUT2D eigenvalue weighted by Gasteiger charge is -2.25. The molecule has 0 unspecified atom stereocenters. The van der Waals surface area contributed by atoms with Gasteiger partial charge in [-0.2, -0.15) is 5.26 Å². The lowest BCUT2D eigenvalue weighted by atomic mass is 10.0. The molecule has 1 aromatic rings. The van der Waals surface area contributed by atoms with Crippen molar-refractivity contribution in [3.63, 3.8) is 0 Å². The number of nitriles is 1. The Bertz CT molecular complexity index is 559. The Kier molecular flexibility index (Phi) is 4.43. The maximum Gasteiger partial charge on any atom is 0.243 e. The fourth-order valence-electron chi connectivity index (χ4n) is 1.79. The minimum absolute atomic E-state index is 0.0725. The zero-order valence-corrected chi connectivity index (χ0v) is 11.6. The summed E-state index contributed by atoms with van der Waals surface area (Å²) < 4.78 is 27.0. The average Bonchev–Trinajstić information content (AvgIpc) is 2.27. The molecule has 1 heterocycles. The van der Waals surface area contributed by atoms with Crippen molar-refractivity contribution in [3.05, 3.63) is 24.0 Å². The molecule has 98 valence electrons.